The monoisotopic (exact) mass is 84.1 g/mol. The van der Waals surface area contributed by atoms with E-state index in [1.54, 1.807) is 11.2 Å². The van der Waals surface area contributed by atoms with Gasteiger partial charge in [0.1, 0.15) is 0 Å². The normalized spacial score (nSPS) is 18.5. The summed E-state index contributed by atoms with van der Waals surface area (Å²) in [6.45, 7) is 0. The molecule has 6 heavy (non-hydrogen) atoms. The Kier molecular flexibility index (Phi) is 0.686. The van der Waals surface area contributed by atoms with Crippen molar-refractivity contribution in [3.63, 3.8) is 0 Å². The van der Waals surface area contributed by atoms with Gasteiger partial charge in [0.25, 0.3) is 0 Å². The molecular weight excluding hydrogens is 78.1 g/mol. The van der Waals surface area contributed by atoms with Gasteiger partial charge in [-0.15, -0.1) is 5.53 Å². The Balaban J connectivity index is 2.38. The van der Waals surface area contributed by atoms with E-state index in [1.807, 2.05) is 7.05 Å². The Labute approximate surface area is 36.6 Å². The molecule has 1 aliphatic rings. The van der Waals surface area contributed by atoms with Gasteiger partial charge in [-0.1, -0.05) is 0 Å². The van der Waals surface area contributed by atoms with Gasteiger partial charge in [-0.2, -0.15) is 0 Å². The first-order chi connectivity index (χ1) is 2.89. The molecule has 0 saturated carbocycles. The lowest BCUT2D eigenvalue weighted by Gasteiger charge is -2.03. The van der Waals surface area contributed by atoms with E-state index in [-0.39, 0.29) is 0 Å². The van der Waals surface area contributed by atoms with Crippen LogP contribution >= 0.6 is 0 Å². The Morgan fingerprint density at radius 3 is 2.83 bits per heavy atom. The van der Waals surface area contributed by atoms with Crippen molar-refractivity contribution < 1.29 is 0 Å². The van der Waals surface area contributed by atoms with Gasteiger partial charge in [-0.25, -0.2) is 0 Å². The molecule has 1 radical (unpaired) electrons. The molecule has 1 rings (SSSR count). The second-order valence-corrected chi connectivity index (χ2v) is 1.09. The first-order valence-electron chi connectivity index (χ1n) is 1.72. The van der Waals surface area contributed by atoms with Gasteiger partial charge in [0.15, 0.2) is 0 Å². The summed E-state index contributed by atoms with van der Waals surface area (Å²) in [6, 6.07) is 0. The molecule has 0 spiro atoms. The third-order valence-corrected chi connectivity index (χ3v) is 0.563. The molecule has 0 bridgehead atoms. The van der Waals surface area contributed by atoms with Crippen LogP contribution in [0.25, 0.3) is 0 Å². The van der Waals surface area contributed by atoms with Gasteiger partial charge in [-0.05, 0) is 0 Å². The molecule has 0 unspecified atom stereocenters. The smallest absolute Gasteiger partial charge is 0.0968 e. The van der Waals surface area contributed by atoms with Gasteiger partial charge in [0.05, 0.1) is 6.20 Å². The average molecular weight is 84.1 g/mol. The van der Waals surface area contributed by atoms with Gasteiger partial charge >= 0.3 is 0 Å². The summed E-state index contributed by atoms with van der Waals surface area (Å²) >= 11 is 0. The fourth-order valence-corrected chi connectivity index (χ4v) is 0.290. The van der Waals surface area contributed by atoms with Crippen LogP contribution in [0.3, 0.4) is 0 Å². The number of nitrogens with zero attached hydrogens (tertiary/aromatic N) is 1. The number of nitrogens with one attached hydrogen (secondary N) is 2. The first kappa shape index (κ1) is 3.49. The van der Waals surface area contributed by atoms with E-state index >= 15 is 0 Å². The molecule has 3 heteroatoms. The molecule has 0 amide bonds. The minimum Gasteiger partial charge on any atom is -0.309 e. The van der Waals surface area contributed by atoms with E-state index in [1.165, 1.54) is 0 Å². The van der Waals surface area contributed by atoms with Gasteiger partial charge in [0, 0.05) is 13.2 Å². The summed E-state index contributed by atoms with van der Waals surface area (Å²) in [4.78, 5) is 0. The highest BCUT2D eigenvalue weighted by Crippen LogP contribution is 1.75. The number of hydrogen-bond donors (Lipinski definition) is 2. The lowest BCUT2D eigenvalue weighted by molar-refractivity contribution is 0.317. The second-order valence-electron chi connectivity index (χ2n) is 1.09. The van der Waals surface area contributed by atoms with Crippen molar-refractivity contribution in [1.29, 1.82) is 0 Å². The fraction of sp³-hybridized carbons (Fsp3) is 0.333. The van der Waals surface area contributed by atoms with Crippen LogP contribution in [0.2, 0.25) is 0 Å². The van der Waals surface area contributed by atoms with Crippen molar-refractivity contribution in [3.05, 3.63) is 12.4 Å². The Morgan fingerprint density at radius 1 is 1.83 bits per heavy atom. The highest BCUT2D eigenvalue weighted by atomic mass is 15.7. The van der Waals surface area contributed by atoms with Crippen LogP contribution in [0.15, 0.2) is 6.20 Å². The van der Waals surface area contributed by atoms with Crippen molar-refractivity contribution in [2.24, 2.45) is 0 Å². The van der Waals surface area contributed by atoms with Crippen molar-refractivity contribution in [2.75, 3.05) is 7.05 Å². The molecule has 0 aromatic heterocycles. The van der Waals surface area contributed by atoms with Crippen LogP contribution in [0.1, 0.15) is 0 Å². The van der Waals surface area contributed by atoms with Gasteiger partial charge in [-0.3, -0.25) is 5.01 Å². The molecule has 1 aliphatic heterocycles. The van der Waals surface area contributed by atoms with Crippen LogP contribution in [-0.4, -0.2) is 12.1 Å². The number of hydrazine groups is 2. The zero-order valence-corrected chi connectivity index (χ0v) is 3.52. The van der Waals surface area contributed by atoms with Crippen LogP contribution in [0.4, 0.5) is 0 Å². The molecular formula is C3H6N3. The summed E-state index contributed by atoms with van der Waals surface area (Å²) < 4.78 is 0. The molecule has 1 heterocycles. The van der Waals surface area contributed by atoms with E-state index in [2.05, 4.69) is 17.2 Å². The summed E-state index contributed by atoms with van der Waals surface area (Å²) in [5, 5.41) is 1.69. The van der Waals surface area contributed by atoms with Gasteiger partial charge in [0.2, 0.25) is 0 Å². The molecule has 2 N–H and O–H groups in total. The lowest BCUT2D eigenvalue weighted by atomic mass is 10.9. The van der Waals surface area contributed by atoms with Gasteiger partial charge < -0.3 is 5.43 Å². The topological polar surface area (TPSA) is 27.3 Å². The van der Waals surface area contributed by atoms with Crippen LogP contribution in [-0.2, 0) is 0 Å². The molecule has 33 valence electrons. The van der Waals surface area contributed by atoms with E-state index in [9.17, 15) is 0 Å². The molecule has 0 aliphatic carbocycles. The Hall–Kier alpha value is -0.700. The van der Waals surface area contributed by atoms with Crippen LogP contribution in [0.5, 0.6) is 0 Å². The maximum absolute atomic E-state index is 2.81. The zero-order chi connectivity index (χ0) is 4.41. The lowest BCUT2D eigenvalue weighted by Crippen LogP contribution is -2.32. The third-order valence-electron chi connectivity index (χ3n) is 0.563. The maximum Gasteiger partial charge on any atom is 0.0968 e. The van der Waals surface area contributed by atoms with Crippen LogP contribution < -0.4 is 11.0 Å². The Bertz CT molecular complexity index is 68.4. The largest absolute Gasteiger partial charge is 0.309 e. The summed E-state index contributed by atoms with van der Waals surface area (Å²) in [5.41, 5.74) is 5.45. The summed E-state index contributed by atoms with van der Waals surface area (Å²) in [5.74, 6) is 0. The molecule has 0 aromatic carbocycles. The highest BCUT2D eigenvalue weighted by molar-refractivity contribution is 4.70. The molecule has 0 fully saturated rings. The van der Waals surface area contributed by atoms with E-state index in [0.717, 1.165) is 0 Å². The van der Waals surface area contributed by atoms with Crippen molar-refractivity contribution in [2.45, 2.75) is 0 Å². The Morgan fingerprint density at radius 2 is 2.67 bits per heavy atom. The summed E-state index contributed by atoms with van der Waals surface area (Å²) in [7, 11) is 1.86. The number of hydrogen-bond acceptors (Lipinski definition) is 3. The van der Waals surface area contributed by atoms with Crippen molar-refractivity contribution in [3.8, 4) is 0 Å². The summed E-state index contributed by atoms with van der Waals surface area (Å²) in [6.07, 6.45) is 4.50. The van der Waals surface area contributed by atoms with E-state index in [0.29, 0.717) is 0 Å². The highest BCUT2D eigenvalue weighted by Gasteiger charge is 1.90. The molecule has 3 nitrogen and oxygen atoms in total. The zero-order valence-electron chi connectivity index (χ0n) is 3.52. The third kappa shape index (κ3) is 0.440. The minimum atomic E-state index is 1.69. The second kappa shape index (κ2) is 1.18. The maximum atomic E-state index is 2.81. The predicted molar refractivity (Wildman–Crippen MR) is 21.8 cm³/mol. The molecule has 0 atom stereocenters. The fourth-order valence-electron chi connectivity index (χ4n) is 0.290. The predicted octanol–water partition coefficient (Wildman–Crippen LogP) is -0.785. The SMILES string of the molecule is CN1[C]=CNN1. The number of rotatable bonds is 0. The van der Waals surface area contributed by atoms with Crippen LogP contribution in [0, 0.1) is 6.20 Å². The van der Waals surface area contributed by atoms with E-state index < -0.39 is 0 Å². The standard InChI is InChI=1S/C3H6N3/c1-6-3-2-4-5-6/h2,4-5H,1H3. The first-order valence-corrected chi connectivity index (χ1v) is 1.72. The minimum absolute atomic E-state index is 1.69. The van der Waals surface area contributed by atoms with Crippen molar-refractivity contribution >= 4 is 0 Å². The quantitative estimate of drug-likeness (QED) is 0.403. The van der Waals surface area contributed by atoms with E-state index in [4.69, 9.17) is 0 Å². The molecule has 0 aromatic rings. The molecule has 0 saturated heterocycles. The average Bonchev–Trinajstić information content (AvgIpc) is 1.86. The van der Waals surface area contributed by atoms with Crippen molar-refractivity contribution in [1.82, 2.24) is 16.0 Å².